The molecule has 3 aromatic rings. The summed E-state index contributed by atoms with van der Waals surface area (Å²) in [6.45, 7) is 16.7. The molecule has 0 aromatic heterocycles. The first-order valence-electron chi connectivity index (χ1n) is 20.8. The van der Waals surface area contributed by atoms with Gasteiger partial charge >= 0.3 is 5.97 Å². The minimum absolute atomic E-state index is 0.214. The zero-order chi connectivity index (χ0) is 39.3. The number of carbonyl (C=O) groups excluding carboxylic acids is 3. The maximum Gasteiger partial charge on any atom is 0.341 e. The van der Waals surface area contributed by atoms with Crippen LogP contribution in [0.5, 0.6) is 5.75 Å². The van der Waals surface area contributed by atoms with Crippen molar-refractivity contribution < 1.29 is 23.9 Å². The zero-order valence-corrected chi connectivity index (χ0v) is 34.1. The van der Waals surface area contributed by atoms with Gasteiger partial charge in [0.2, 0.25) is 11.8 Å². The van der Waals surface area contributed by atoms with Crippen LogP contribution in [0.15, 0.2) is 66.7 Å². The standard InChI is InChI=1S/C46H64N4O5/c1-7-54-42-31-34(23-24-37(42)46(53)55-8-2)43(44(51)47-38(29-32(3)4)35-19-11-13-21-40(35)49-25-15-9-16-26-49)45(52)48-39(30-33(5)6)36-20-12-14-22-41(36)50-27-17-10-18-28-50/h11-14,19-24,31-33,38-39,43H,7-10,15-18,25-30H2,1-6H3,(H,47,51)(H,48,52)/t38-,39-/m1/s1. The number of hydrogen-bond donors (Lipinski definition) is 2. The first kappa shape index (κ1) is 41.6. The summed E-state index contributed by atoms with van der Waals surface area (Å²) in [5.41, 5.74) is 5.11. The fourth-order valence-corrected chi connectivity index (χ4v) is 8.18. The number of nitrogens with one attached hydrogen (secondary N) is 2. The lowest BCUT2D eigenvalue weighted by Gasteiger charge is -2.34. The topological polar surface area (TPSA) is 100 Å². The van der Waals surface area contributed by atoms with Crippen LogP contribution in [0.25, 0.3) is 0 Å². The van der Waals surface area contributed by atoms with E-state index in [2.05, 4.69) is 84.5 Å². The van der Waals surface area contributed by atoms with E-state index >= 15 is 0 Å². The van der Waals surface area contributed by atoms with E-state index in [1.807, 2.05) is 19.1 Å². The normalized spacial score (nSPS) is 15.9. The number of anilines is 2. The molecule has 3 aromatic carbocycles. The van der Waals surface area contributed by atoms with Gasteiger partial charge in [-0.3, -0.25) is 9.59 Å². The zero-order valence-electron chi connectivity index (χ0n) is 34.1. The van der Waals surface area contributed by atoms with E-state index in [9.17, 15) is 14.4 Å². The van der Waals surface area contributed by atoms with E-state index in [1.54, 1.807) is 25.1 Å². The Morgan fingerprint density at radius 3 is 1.55 bits per heavy atom. The lowest BCUT2D eigenvalue weighted by Crippen LogP contribution is -2.43. The fourth-order valence-electron chi connectivity index (χ4n) is 8.18. The predicted molar refractivity (Wildman–Crippen MR) is 222 cm³/mol. The molecule has 2 heterocycles. The number of benzene rings is 3. The number of esters is 1. The number of amides is 2. The Bertz CT molecular complexity index is 1620. The van der Waals surface area contributed by atoms with Gasteiger partial charge in [-0.1, -0.05) is 70.2 Å². The molecule has 0 radical (unpaired) electrons. The van der Waals surface area contributed by atoms with E-state index in [0.29, 0.717) is 25.0 Å². The van der Waals surface area contributed by atoms with E-state index in [-0.39, 0.29) is 41.8 Å². The van der Waals surface area contributed by atoms with Gasteiger partial charge in [0.05, 0.1) is 25.3 Å². The maximum atomic E-state index is 15.0. The molecule has 2 saturated heterocycles. The maximum absolute atomic E-state index is 15.0. The number of para-hydroxylation sites is 2. The van der Waals surface area contributed by atoms with Gasteiger partial charge in [-0.2, -0.15) is 0 Å². The van der Waals surface area contributed by atoms with Gasteiger partial charge in [0.15, 0.2) is 0 Å². The van der Waals surface area contributed by atoms with Crippen molar-refractivity contribution in [2.75, 3.05) is 49.2 Å². The van der Waals surface area contributed by atoms with Crippen molar-refractivity contribution in [3.8, 4) is 5.75 Å². The summed E-state index contributed by atoms with van der Waals surface area (Å²) < 4.78 is 11.3. The fraction of sp³-hybridized carbons (Fsp3) is 0.543. The third kappa shape index (κ3) is 11.0. The Hall–Kier alpha value is -4.53. The third-order valence-electron chi connectivity index (χ3n) is 10.7. The highest BCUT2D eigenvalue weighted by molar-refractivity contribution is 6.06. The van der Waals surface area contributed by atoms with E-state index in [1.165, 1.54) is 12.8 Å². The van der Waals surface area contributed by atoms with Gasteiger partial charge in [0, 0.05) is 37.6 Å². The summed E-state index contributed by atoms with van der Waals surface area (Å²) >= 11 is 0. The van der Waals surface area contributed by atoms with Crippen molar-refractivity contribution in [2.24, 2.45) is 11.8 Å². The molecule has 298 valence electrons. The molecule has 2 N–H and O–H groups in total. The molecular formula is C46H64N4O5. The number of piperidine rings is 2. The minimum Gasteiger partial charge on any atom is -0.493 e. The van der Waals surface area contributed by atoms with Crippen molar-refractivity contribution >= 4 is 29.2 Å². The SMILES string of the molecule is CCOC(=O)c1ccc(C(C(=O)N[C@H](CC(C)C)c2ccccc2N2CCCCC2)C(=O)N[C@H](CC(C)C)c2ccccc2N2CCCCC2)cc1OCC. The molecule has 9 heteroatoms. The van der Waals surface area contributed by atoms with Crippen molar-refractivity contribution in [3.05, 3.63) is 89.0 Å². The highest BCUT2D eigenvalue weighted by atomic mass is 16.5. The van der Waals surface area contributed by atoms with Crippen molar-refractivity contribution in [3.63, 3.8) is 0 Å². The molecule has 2 fully saturated rings. The lowest BCUT2D eigenvalue weighted by molar-refractivity contribution is -0.132. The molecule has 2 aliphatic rings. The van der Waals surface area contributed by atoms with Crippen LogP contribution in [-0.2, 0) is 14.3 Å². The van der Waals surface area contributed by atoms with Crippen molar-refractivity contribution in [1.82, 2.24) is 10.6 Å². The van der Waals surface area contributed by atoms with Crippen LogP contribution < -0.4 is 25.2 Å². The van der Waals surface area contributed by atoms with Gasteiger partial charge < -0.3 is 29.9 Å². The number of nitrogens with zero attached hydrogens (tertiary/aromatic N) is 2. The Morgan fingerprint density at radius 1 is 0.636 bits per heavy atom. The molecule has 5 rings (SSSR count). The van der Waals surface area contributed by atoms with Crippen molar-refractivity contribution in [1.29, 1.82) is 0 Å². The average molecular weight is 753 g/mol. The lowest BCUT2D eigenvalue weighted by atomic mass is 9.90. The predicted octanol–water partition coefficient (Wildman–Crippen LogP) is 9.13. The minimum atomic E-state index is -1.22. The van der Waals surface area contributed by atoms with Crippen LogP contribution in [0.3, 0.4) is 0 Å². The molecule has 0 aliphatic carbocycles. The molecule has 2 amide bonds. The van der Waals surface area contributed by atoms with Crippen LogP contribution in [0.1, 0.15) is 138 Å². The number of carbonyl (C=O) groups is 3. The first-order chi connectivity index (χ1) is 26.6. The van der Waals surface area contributed by atoms with E-state index in [4.69, 9.17) is 9.47 Å². The molecule has 2 aliphatic heterocycles. The largest absolute Gasteiger partial charge is 0.493 e. The van der Waals surface area contributed by atoms with Gasteiger partial charge in [-0.05, 0) is 118 Å². The summed E-state index contributed by atoms with van der Waals surface area (Å²) in [5, 5.41) is 6.77. The van der Waals surface area contributed by atoms with Crippen LogP contribution in [0, 0.1) is 11.8 Å². The molecule has 55 heavy (non-hydrogen) atoms. The molecule has 0 bridgehead atoms. The highest BCUT2D eigenvalue weighted by Gasteiger charge is 2.35. The summed E-state index contributed by atoms with van der Waals surface area (Å²) in [5.74, 6) is -1.67. The number of ether oxygens (including phenoxy) is 2. The second-order valence-corrected chi connectivity index (χ2v) is 15.9. The van der Waals surface area contributed by atoms with Crippen LogP contribution in [0.2, 0.25) is 0 Å². The first-order valence-corrected chi connectivity index (χ1v) is 20.8. The Morgan fingerprint density at radius 2 is 1.11 bits per heavy atom. The Labute approximate surface area is 329 Å². The van der Waals surface area contributed by atoms with Crippen LogP contribution in [0.4, 0.5) is 11.4 Å². The average Bonchev–Trinajstić information content (AvgIpc) is 3.18. The van der Waals surface area contributed by atoms with Crippen LogP contribution >= 0.6 is 0 Å². The second-order valence-electron chi connectivity index (χ2n) is 15.9. The summed E-state index contributed by atoms with van der Waals surface area (Å²) in [6, 6.07) is 21.1. The Kier molecular flexibility index (Phi) is 15.4. The van der Waals surface area contributed by atoms with E-state index in [0.717, 1.165) is 74.4 Å². The smallest absolute Gasteiger partial charge is 0.341 e. The molecule has 0 unspecified atom stereocenters. The highest BCUT2D eigenvalue weighted by Crippen LogP contribution is 2.36. The van der Waals surface area contributed by atoms with Crippen molar-refractivity contribution in [2.45, 2.75) is 111 Å². The second kappa shape index (κ2) is 20.4. The van der Waals surface area contributed by atoms with Gasteiger partial charge in [-0.15, -0.1) is 0 Å². The molecular weight excluding hydrogens is 689 g/mol. The van der Waals surface area contributed by atoms with Gasteiger partial charge in [0.25, 0.3) is 0 Å². The molecule has 9 nitrogen and oxygen atoms in total. The molecule has 0 saturated carbocycles. The number of hydrogen-bond acceptors (Lipinski definition) is 7. The third-order valence-corrected chi connectivity index (χ3v) is 10.7. The summed E-state index contributed by atoms with van der Waals surface area (Å²) in [6.07, 6.45) is 8.41. The number of rotatable bonds is 17. The summed E-state index contributed by atoms with van der Waals surface area (Å²) in [4.78, 5) is 47.7. The monoisotopic (exact) mass is 752 g/mol. The molecule has 0 spiro atoms. The van der Waals surface area contributed by atoms with Crippen LogP contribution in [-0.4, -0.2) is 57.2 Å². The Balaban J connectivity index is 1.56. The summed E-state index contributed by atoms with van der Waals surface area (Å²) in [7, 11) is 0. The van der Waals surface area contributed by atoms with E-state index < -0.39 is 23.7 Å². The van der Waals surface area contributed by atoms with Gasteiger partial charge in [0.1, 0.15) is 17.2 Å². The molecule has 2 atom stereocenters. The quantitative estimate of drug-likeness (QED) is 0.105. The van der Waals surface area contributed by atoms with Gasteiger partial charge in [-0.25, -0.2) is 4.79 Å².